The number of nitro benzene ring substituents is 1. The lowest BCUT2D eigenvalue weighted by Gasteiger charge is -2.26. The lowest BCUT2D eigenvalue weighted by molar-refractivity contribution is -0.384. The lowest BCUT2D eigenvalue weighted by atomic mass is 9.97. The van der Waals surface area contributed by atoms with Gasteiger partial charge in [-0.2, -0.15) is 0 Å². The molecule has 7 nitrogen and oxygen atoms in total. The topological polar surface area (TPSA) is 93.9 Å². The number of nitrogens with zero attached hydrogens (tertiary/aromatic N) is 1. The van der Waals surface area contributed by atoms with Crippen LogP contribution >= 0.6 is 0 Å². The third-order valence-electron chi connectivity index (χ3n) is 4.29. The number of benzene rings is 2. The van der Waals surface area contributed by atoms with Gasteiger partial charge < -0.3 is 19.9 Å². The summed E-state index contributed by atoms with van der Waals surface area (Å²) in [6.07, 6.45) is 0.227. The van der Waals surface area contributed by atoms with Crippen molar-refractivity contribution in [2.75, 3.05) is 26.3 Å². The number of ether oxygens (including phenoxy) is 2. The molecule has 26 heavy (non-hydrogen) atoms. The molecule has 7 heteroatoms. The van der Waals surface area contributed by atoms with Crippen LogP contribution in [-0.2, 0) is 11.2 Å². The zero-order chi connectivity index (χ0) is 18.4. The van der Waals surface area contributed by atoms with Crippen LogP contribution in [0.15, 0.2) is 48.5 Å². The van der Waals surface area contributed by atoms with Gasteiger partial charge in [-0.25, -0.2) is 0 Å². The molecule has 0 spiro atoms. The average Bonchev–Trinajstić information content (AvgIpc) is 2.67. The summed E-state index contributed by atoms with van der Waals surface area (Å²) in [5, 5.41) is 23.9. The first-order chi connectivity index (χ1) is 12.6. The van der Waals surface area contributed by atoms with Gasteiger partial charge in [-0.15, -0.1) is 0 Å². The Hall–Kier alpha value is -2.48. The van der Waals surface area contributed by atoms with Crippen LogP contribution in [0, 0.1) is 10.1 Å². The summed E-state index contributed by atoms with van der Waals surface area (Å²) in [6.45, 7) is 1.79. The van der Waals surface area contributed by atoms with Crippen molar-refractivity contribution in [1.29, 1.82) is 0 Å². The Labute approximate surface area is 151 Å². The Morgan fingerprint density at radius 3 is 2.81 bits per heavy atom. The summed E-state index contributed by atoms with van der Waals surface area (Å²) < 4.78 is 11.3. The van der Waals surface area contributed by atoms with Crippen LogP contribution < -0.4 is 10.1 Å². The Morgan fingerprint density at radius 1 is 1.27 bits per heavy atom. The number of hydrogen-bond acceptors (Lipinski definition) is 6. The summed E-state index contributed by atoms with van der Waals surface area (Å²) in [5.74, 6) is 0.485. The minimum Gasteiger partial charge on any atom is -0.491 e. The van der Waals surface area contributed by atoms with Crippen molar-refractivity contribution in [3.8, 4) is 5.75 Å². The number of aliphatic hydroxyl groups excluding tert-OH is 1. The van der Waals surface area contributed by atoms with Gasteiger partial charge in [0.15, 0.2) is 0 Å². The van der Waals surface area contributed by atoms with Crippen molar-refractivity contribution in [2.24, 2.45) is 0 Å². The summed E-state index contributed by atoms with van der Waals surface area (Å²) in [7, 11) is 0. The molecular formula is C19H22N2O5. The van der Waals surface area contributed by atoms with E-state index in [9.17, 15) is 15.2 Å². The van der Waals surface area contributed by atoms with E-state index in [1.807, 2.05) is 12.1 Å². The highest BCUT2D eigenvalue weighted by atomic mass is 16.6. The summed E-state index contributed by atoms with van der Waals surface area (Å²) >= 11 is 0. The Bertz CT molecular complexity index is 735. The number of non-ortho nitro benzene ring substituents is 1. The van der Waals surface area contributed by atoms with Crippen molar-refractivity contribution in [3.05, 3.63) is 69.8 Å². The van der Waals surface area contributed by atoms with Gasteiger partial charge in [0, 0.05) is 25.2 Å². The molecule has 0 aliphatic carbocycles. The maximum Gasteiger partial charge on any atom is 0.269 e. The number of hydrogen-bond donors (Lipinski definition) is 2. The molecule has 0 radical (unpaired) electrons. The Balaban J connectivity index is 1.41. The number of nitro groups is 1. The zero-order valence-corrected chi connectivity index (χ0v) is 14.3. The predicted molar refractivity (Wildman–Crippen MR) is 96.3 cm³/mol. The first-order valence-electron chi connectivity index (χ1n) is 8.59. The fraction of sp³-hybridized carbons (Fsp3) is 0.368. The van der Waals surface area contributed by atoms with Gasteiger partial charge in [-0.05, 0) is 29.7 Å². The maximum atomic E-state index is 10.6. The van der Waals surface area contributed by atoms with Gasteiger partial charge >= 0.3 is 0 Å². The molecule has 1 aliphatic heterocycles. The van der Waals surface area contributed by atoms with E-state index in [1.54, 1.807) is 0 Å². The second-order valence-electron chi connectivity index (χ2n) is 6.18. The van der Waals surface area contributed by atoms with Crippen molar-refractivity contribution < 1.29 is 19.5 Å². The standard InChI is InChI=1S/C19H22N2O5/c22-16(13-26-17-7-5-15(6-8-17)21(23)24)11-20-12-19-18-4-2-1-3-14(18)9-10-25-19/h1-8,16,19-20,22H,9-13H2. The summed E-state index contributed by atoms with van der Waals surface area (Å²) in [4.78, 5) is 10.1. The van der Waals surface area contributed by atoms with Crippen molar-refractivity contribution in [2.45, 2.75) is 18.6 Å². The van der Waals surface area contributed by atoms with E-state index in [4.69, 9.17) is 9.47 Å². The van der Waals surface area contributed by atoms with E-state index in [-0.39, 0.29) is 18.4 Å². The first kappa shape index (κ1) is 18.3. The smallest absolute Gasteiger partial charge is 0.269 e. The number of rotatable bonds is 8. The molecule has 2 N–H and O–H groups in total. The molecule has 2 aromatic carbocycles. The molecular weight excluding hydrogens is 336 g/mol. The molecule has 1 aliphatic rings. The van der Waals surface area contributed by atoms with Gasteiger partial charge in [-0.3, -0.25) is 10.1 Å². The molecule has 2 aromatic rings. The largest absolute Gasteiger partial charge is 0.491 e. The molecule has 0 saturated heterocycles. The second-order valence-corrected chi connectivity index (χ2v) is 6.18. The zero-order valence-electron chi connectivity index (χ0n) is 14.3. The molecule has 2 unspecified atom stereocenters. The van der Waals surface area contributed by atoms with E-state index in [0.717, 1.165) is 6.42 Å². The van der Waals surface area contributed by atoms with E-state index >= 15 is 0 Å². The lowest BCUT2D eigenvalue weighted by Crippen LogP contribution is -2.35. The van der Waals surface area contributed by atoms with Crippen molar-refractivity contribution in [1.82, 2.24) is 5.32 Å². The fourth-order valence-corrected chi connectivity index (χ4v) is 2.94. The third kappa shape index (κ3) is 4.78. The molecule has 138 valence electrons. The summed E-state index contributed by atoms with van der Waals surface area (Å²) in [6, 6.07) is 14.0. The van der Waals surface area contributed by atoms with E-state index in [2.05, 4.69) is 17.4 Å². The highest BCUT2D eigenvalue weighted by molar-refractivity contribution is 5.36. The SMILES string of the molecule is O=[N+]([O-])c1ccc(OCC(O)CNCC2OCCc3ccccc32)cc1. The molecule has 0 amide bonds. The van der Waals surface area contributed by atoms with E-state index < -0.39 is 11.0 Å². The quantitative estimate of drug-likeness (QED) is 0.555. The van der Waals surface area contributed by atoms with E-state index in [1.165, 1.54) is 35.4 Å². The monoisotopic (exact) mass is 358 g/mol. The van der Waals surface area contributed by atoms with Gasteiger partial charge in [-0.1, -0.05) is 24.3 Å². The van der Waals surface area contributed by atoms with Crippen LogP contribution in [0.25, 0.3) is 0 Å². The Morgan fingerprint density at radius 2 is 2.04 bits per heavy atom. The average molecular weight is 358 g/mol. The highest BCUT2D eigenvalue weighted by Gasteiger charge is 2.20. The maximum absolute atomic E-state index is 10.6. The van der Waals surface area contributed by atoms with Crippen LogP contribution in [-0.4, -0.2) is 42.4 Å². The molecule has 3 rings (SSSR count). The normalized spacial score (nSPS) is 17.3. The fourth-order valence-electron chi connectivity index (χ4n) is 2.94. The number of aliphatic hydroxyl groups is 1. The molecule has 0 saturated carbocycles. The van der Waals surface area contributed by atoms with Gasteiger partial charge in [0.05, 0.1) is 17.6 Å². The van der Waals surface area contributed by atoms with Crippen LogP contribution in [0.4, 0.5) is 5.69 Å². The van der Waals surface area contributed by atoms with Crippen LogP contribution in [0.1, 0.15) is 17.2 Å². The molecule has 2 atom stereocenters. The van der Waals surface area contributed by atoms with Crippen molar-refractivity contribution in [3.63, 3.8) is 0 Å². The van der Waals surface area contributed by atoms with Gasteiger partial charge in [0.25, 0.3) is 5.69 Å². The van der Waals surface area contributed by atoms with Crippen LogP contribution in [0.5, 0.6) is 5.75 Å². The molecule has 0 bridgehead atoms. The third-order valence-corrected chi connectivity index (χ3v) is 4.29. The van der Waals surface area contributed by atoms with Crippen LogP contribution in [0.2, 0.25) is 0 Å². The predicted octanol–water partition coefficient (Wildman–Crippen LogP) is 2.24. The molecule has 0 fully saturated rings. The number of fused-ring (bicyclic) bond motifs is 1. The molecule has 0 aromatic heterocycles. The van der Waals surface area contributed by atoms with Crippen LogP contribution in [0.3, 0.4) is 0 Å². The Kier molecular flexibility index (Phi) is 6.17. The van der Waals surface area contributed by atoms with Gasteiger partial charge in [0.1, 0.15) is 18.5 Å². The first-order valence-corrected chi connectivity index (χ1v) is 8.59. The number of nitrogens with one attached hydrogen (secondary N) is 1. The minimum absolute atomic E-state index is 0.00679. The second kappa shape index (κ2) is 8.75. The summed E-state index contributed by atoms with van der Waals surface area (Å²) in [5.41, 5.74) is 2.52. The minimum atomic E-state index is -0.691. The van der Waals surface area contributed by atoms with Crippen molar-refractivity contribution >= 4 is 5.69 Å². The van der Waals surface area contributed by atoms with Gasteiger partial charge in [0.2, 0.25) is 0 Å². The highest BCUT2D eigenvalue weighted by Crippen LogP contribution is 2.26. The van der Waals surface area contributed by atoms with E-state index in [0.29, 0.717) is 25.4 Å². The molecule has 1 heterocycles.